The molecule has 1 saturated carbocycles. The lowest BCUT2D eigenvalue weighted by atomic mass is 10.2. The van der Waals surface area contributed by atoms with Crippen LogP contribution in [0.1, 0.15) is 43.2 Å². The second-order valence-electron chi connectivity index (χ2n) is 7.29. The molecule has 3 rings (SSSR count). The first-order valence-electron chi connectivity index (χ1n) is 10.3. The number of para-hydroxylation sites is 1. The fraction of sp³-hybridized carbons (Fsp3) is 0.391. The monoisotopic (exact) mass is 395 g/mol. The van der Waals surface area contributed by atoms with Gasteiger partial charge in [-0.1, -0.05) is 61.4 Å². The van der Waals surface area contributed by atoms with Crippen molar-refractivity contribution in [3.05, 3.63) is 65.7 Å². The molecule has 0 atom stereocenters. The molecule has 154 valence electrons. The lowest BCUT2D eigenvalue weighted by molar-refractivity contribution is -0.121. The molecule has 0 aliphatic heterocycles. The van der Waals surface area contributed by atoms with Gasteiger partial charge in [0.05, 0.1) is 0 Å². The molecule has 29 heavy (non-hydrogen) atoms. The number of urea groups is 1. The third-order valence-corrected chi connectivity index (χ3v) is 5.01. The van der Waals surface area contributed by atoms with Crippen LogP contribution in [0.3, 0.4) is 0 Å². The van der Waals surface area contributed by atoms with Gasteiger partial charge in [-0.2, -0.15) is 0 Å². The summed E-state index contributed by atoms with van der Waals surface area (Å²) in [7, 11) is 0. The smallest absolute Gasteiger partial charge is 0.315 e. The fourth-order valence-corrected chi connectivity index (χ4v) is 3.42. The topological polar surface area (TPSA) is 79.5 Å². The molecule has 0 bridgehead atoms. The highest BCUT2D eigenvalue weighted by atomic mass is 16.5. The van der Waals surface area contributed by atoms with Gasteiger partial charge in [-0.25, -0.2) is 4.79 Å². The maximum atomic E-state index is 12.0. The molecule has 1 aliphatic carbocycles. The molecule has 1 aliphatic rings. The Labute approximate surface area is 172 Å². The van der Waals surface area contributed by atoms with Gasteiger partial charge in [0.2, 0.25) is 5.91 Å². The molecule has 6 heteroatoms. The molecule has 2 aromatic rings. The van der Waals surface area contributed by atoms with E-state index in [1.165, 1.54) is 12.8 Å². The maximum absolute atomic E-state index is 12.0. The van der Waals surface area contributed by atoms with Crippen LogP contribution in [0.2, 0.25) is 0 Å². The summed E-state index contributed by atoms with van der Waals surface area (Å²) in [5.74, 6) is 0.740. The number of benzene rings is 2. The number of nitrogens with one attached hydrogen (secondary N) is 3. The summed E-state index contributed by atoms with van der Waals surface area (Å²) in [6.45, 7) is 1.14. The van der Waals surface area contributed by atoms with Gasteiger partial charge in [-0.15, -0.1) is 0 Å². The Morgan fingerprint density at radius 2 is 1.66 bits per heavy atom. The largest absolute Gasteiger partial charge is 0.489 e. The zero-order valence-electron chi connectivity index (χ0n) is 16.7. The highest BCUT2D eigenvalue weighted by molar-refractivity contribution is 5.78. The fourth-order valence-electron chi connectivity index (χ4n) is 3.42. The van der Waals surface area contributed by atoms with Crippen molar-refractivity contribution in [1.82, 2.24) is 16.0 Å². The van der Waals surface area contributed by atoms with Crippen LogP contribution in [0.15, 0.2) is 54.6 Å². The van der Waals surface area contributed by atoms with E-state index >= 15 is 0 Å². The zero-order valence-corrected chi connectivity index (χ0v) is 16.7. The molecule has 3 amide bonds. The summed E-state index contributed by atoms with van der Waals surface area (Å²) in [6.07, 6.45) is 4.78. The van der Waals surface area contributed by atoms with Gasteiger partial charge in [0.1, 0.15) is 12.4 Å². The Morgan fingerprint density at radius 1 is 0.931 bits per heavy atom. The van der Waals surface area contributed by atoms with E-state index in [-0.39, 0.29) is 11.9 Å². The van der Waals surface area contributed by atoms with Gasteiger partial charge in [0, 0.05) is 31.1 Å². The molecular weight excluding hydrogens is 366 g/mol. The van der Waals surface area contributed by atoms with Crippen molar-refractivity contribution in [2.24, 2.45) is 0 Å². The van der Waals surface area contributed by atoms with Crippen molar-refractivity contribution < 1.29 is 14.3 Å². The highest BCUT2D eigenvalue weighted by Gasteiger charge is 2.16. The van der Waals surface area contributed by atoms with Gasteiger partial charge in [0.15, 0.2) is 0 Å². The van der Waals surface area contributed by atoms with Crippen LogP contribution in [0.25, 0.3) is 0 Å². The van der Waals surface area contributed by atoms with Gasteiger partial charge in [-0.3, -0.25) is 4.79 Å². The van der Waals surface area contributed by atoms with Crippen molar-refractivity contribution in [1.29, 1.82) is 0 Å². The molecule has 0 heterocycles. The summed E-state index contributed by atoms with van der Waals surface area (Å²) < 4.78 is 5.91. The first kappa shape index (κ1) is 20.7. The van der Waals surface area contributed by atoms with Gasteiger partial charge < -0.3 is 20.7 Å². The number of hydrogen-bond donors (Lipinski definition) is 3. The van der Waals surface area contributed by atoms with Crippen LogP contribution in [0, 0.1) is 0 Å². The minimum atomic E-state index is -0.295. The van der Waals surface area contributed by atoms with Crippen molar-refractivity contribution in [2.75, 3.05) is 6.54 Å². The van der Waals surface area contributed by atoms with Crippen LogP contribution in [0.4, 0.5) is 4.79 Å². The number of ether oxygens (including phenoxy) is 1. The standard InChI is InChI=1S/C23H29N3O3/c27-22(26-20-11-5-6-12-20)14-15-24-23(28)25-16-19-10-4-7-13-21(19)29-17-18-8-2-1-3-9-18/h1-4,7-10,13,20H,5-6,11-12,14-17H2,(H,26,27)(H2,24,25,28). The number of amides is 3. The van der Waals surface area contributed by atoms with E-state index in [0.717, 1.165) is 29.7 Å². The summed E-state index contributed by atoms with van der Waals surface area (Å²) in [5, 5.41) is 8.58. The maximum Gasteiger partial charge on any atom is 0.315 e. The minimum absolute atomic E-state index is 0.00291. The Balaban J connectivity index is 1.37. The molecule has 2 aromatic carbocycles. The molecule has 3 N–H and O–H groups in total. The second kappa shape index (κ2) is 11.1. The van der Waals surface area contributed by atoms with Gasteiger partial charge in [0.25, 0.3) is 0 Å². The Kier molecular flexibility index (Phi) is 7.92. The number of carbonyl (C=O) groups is 2. The van der Waals surface area contributed by atoms with Crippen molar-refractivity contribution in [2.45, 2.75) is 51.3 Å². The first-order chi connectivity index (χ1) is 14.2. The Morgan fingerprint density at radius 3 is 2.45 bits per heavy atom. The number of carbonyl (C=O) groups excluding carboxylic acids is 2. The summed E-state index contributed by atoms with van der Waals surface area (Å²) in [6, 6.07) is 17.6. The molecule has 0 aromatic heterocycles. The van der Waals surface area contributed by atoms with Gasteiger partial charge in [-0.05, 0) is 24.5 Å². The van der Waals surface area contributed by atoms with Crippen LogP contribution in [-0.4, -0.2) is 24.5 Å². The van der Waals surface area contributed by atoms with E-state index in [2.05, 4.69) is 16.0 Å². The van der Waals surface area contributed by atoms with E-state index < -0.39 is 0 Å². The first-order valence-corrected chi connectivity index (χ1v) is 10.3. The molecule has 0 spiro atoms. The minimum Gasteiger partial charge on any atom is -0.489 e. The molecule has 0 saturated heterocycles. The zero-order chi connectivity index (χ0) is 20.3. The second-order valence-corrected chi connectivity index (χ2v) is 7.29. The molecular formula is C23H29N3O3. The number of hydrogen-bond acceptors (Lipinski definition) is 3. The Hall–Kier alpha value is -3.02. The summed E-state index contributed by atoms with van der Waals surface area (Å²) >= 11 is 0. The highest BCUT2D eigenvalue weighted by Crippen LogP contribution is 2.19. The average Bonchev–Trinajstić information content (AvgIpc) is 3.25. The van der Waals surface area contributed by atoms with E-state index in [1.54, 1.807) is 0 Å². The summed E-state index contributed by atoms with van der Waals surface area (Å²) in [4.78, 5) is 23.9. The van der Waals surface area contributed by atoms with Crippen molar-refractivity contribution >= 4 is 11.9 Å². The average molecular weight is 396 g/mol. The molecule has 0 unspecified atom stereocenters. The summed E-state index contributed by atoms with van der Waals surface area (Å²) in [5.41, 5.74) is 1.99. The third-order valence-electron chi connectivity index (χ3n) is 5.01. The van der Waals surface area contributed by atoms with E-state index in [0.29, 0.717) is 32.2 Å². The van der Waals surface area contributed by atoms with Gasteiger partial charge >= 0.3 is 6.03 Å². The molecule has 0 radical (unpaired) electrons. The third kappa shape index (κ3) is 7.14. The predicted molar refractivity (Wildman–Crippen MR) is 112 cm³/mol. The van der Waals surface area contributed by atoms with Crippen molar-refractivity contribution in [3.63, 3.8) is 0 Å². The van der Waals surface area contributed by atoms with E-state index in [1.807, 2.05) is 54.6 Å². The van der Waals surface area contributed by atoms with Crippen LogP contribution in [0.5, 0.6) is 5.75 Å². The Bertz CT molecular complexity index is 789. The lowest BCUT2D eigenvalue weighted by Crippen LogP contribution is -2.39. The van der Waals surface area contributed by atoms with Crippen molar-refractivity contribution in [3.8, 4) is 5.75 Å². The normalized spacial score (nSPS) is 13.7. The van der Waals surface area contributed by atoms with E-state index in [9.17, 15) is 9.59 Å². The number of rotatable bonds is 9. The predicted octanol–water partition coefficient (Wildman–Crippen LogP) is 3.51. The van der Waals surface area contributed by atoms with Crippen LogP contribution >= 0.6 is 0 Å². The van der Waals surface area contributed by atoms with Crippen LogP contribution in [-0.2, 0) is 17.9 Å². The van der Waals surface area contributed by atoms with Crippen LogP contribution < -0.4 is 20.7 Å². The SMILES string of the molecule is O=C(CCNC(=O)NCc1ccccc1OCc1ccccc1)NC1CCCC1. The van der Waals surface area contributed by atoms with E-state index in [4.69, 9.17) is 4.74 Å². The quantitative estimate of drug-likeness (QED) is 0.608. The molecule has 6 nitrogen and oxygen atoms in total. The molecule has 1 fully saturated rings. The lowest BCUT2D eigenvalue weighted by Gasteiger charge is -2.14.